The van der Waals surface area contributed by atoms with Crippen LogP contribution >= 0.6 is 11.6 Å². The largest absolute Gasteiger partial charge is 0.481 e. The highest BCUT2D eigenvalue weighted by molar-refractivity contribution is 6.31. The second-order valence-corrected chi connectivity index (χ2v) is 5.33. The van der Waals surface area contributed by atoms with Gasteiger partial charge in [-0.05, 0) is 28.5 Å². The number of aliphatic carboxylic acids is 1. The van der Waals surface area contributed by atoms with E-state index in [9.17, 15) is 18.0 Å². The maximum atomic E-state index is 12.8. The van der Waals surface area contributed by atoms with Gasteiger partial charge in [-0.1, -0.05) is 42.8 Å². The minimum absolute atomic E-state index is 0.113. The van der Waals surface area contributed by atoms with Crippen molar-refractivity contribution in [2.75, 3.05) is 0 Å². The molecule has 0 aliphatic rings. The highest BCUT2D eigenvalue weighted by atomic mass is 35.5. The molecule has 0 amide bonds. The topological polar surface area (TPSA) is 37.3 Å². The van der Waals surface area contributed by atoms with Crippen molar-refractivity contribution in [2.24, 2.45) is 5.92 Å². The lowest BCUT2D eigenvalue weighted by molar-refractivity contribution is -0.183. The molecule has 2 nitrogen and oxygen atoms in total. The molecule has 6 heteroatoms. The molecule has 21 heavy (non-hydrogen) atoms. The molecule has 0 bridgehead atoms. The summed E-state index contributed by atoms with van der Waals surface area (Å²) < 4.78 is 38.5. The molecule has 0 saturated carbocycles. The van der Waals surface area contributed by atoms with E-state index in [4.69, 9.17) is 16.7 Å². The average Bonchev–Trinajstić information content (AvgIpc) is 2.36. The zero-order valence-electron chi connectivity index (χ0n) is 11.0. The van der Waals surface area contributed by atoms with Gasteiger partial charge in [0.05, 0.1) is 11.8 Å². The normalized spacial score (nSPS) is 14.9. The SMILES string of the molecule is C[C@H]([C@H](C(=O)O)c1ccc2ccc(Cl)cc2c1)C(F)(F)F. The number of hydrogen-bond acceptors (Lipinski definition) is 1. The molecule has 0 fully saturated rings. The lowest BCUT2D eigenvalue weighted by Crippen LogP contribution is -2.31. The van der Waals surface area contributed by atoms with Gasteiger partial charge in [0, 0.05) is 5.02 Å². The predicted octanol–water partition coefficient (Wildman–Crippen LogP) is 4.86. The molecular weight excluding hydrogens is 305 g/mol. The molecule has 0 spiro atoms. The Bertz CT molecular complexity index is 682. The number of fused-ring (bicyclic) bond motifs is 1. The standard InChI is InChI=1S/C15H12ClF3O2/c1-8(15(17,18)19)13(14(20)21)10-3-2-9-4-5-12(16)7-11(9)6-10/h2-8,13H,1H3,(H,20,21)/t8-,13+/m1/s1. The van der Waals surface area contributed by atoms with E-state index in [2.05, 4.69) is 0 Å². The Labute approximate surface area is 124 Å². The van der Waals surface area contributed by atoms with Gasteiger partial charge in [-0.25, -0.2) is 0 Å². The Balaban J connectivity index is 2.53. The maximum Gasteiger partial charge on any atom is 0.392 e. The molecule has 0 aliphatic heterocycles. The summed E-state index contributed by atoms with van der Waals surface area (Å²) in [5.74, 6) is -5.12. The number of halogens is 4. The number of carboxylic acid groups (broad SMARTS) is 1. The van der Waals surface area contributed by atoms with E-state index >= 15 is 0 Å². The van der Waals surface area contributed by atoms with E-state index in [0.29, 0.717) is 10.4 Å². The average molecular weight is 317 g/mol. The third kappa shape index (κ3) is 3.29. The molecule has 2 atom stereocenters. The van der Waals surface area contributed by atoms with Crippen LogP contribution in [0.2, 0.25) is 5.02 Å². The second-order valence-electron chi connectivity index (χ2n) is 4.90. The summed E-state index contributed by atoms with van der Waals surface area (Å²) in [5.41, 5.74) is 0.113. The van der Waals surface area contributed by atoms with Crippen molar-refractivity contribution < 1.29 is 23.1 Å². The third-order valence-electron chi connectivity index (χ3n) is 3.47. The molecule has 112 valence electrons. The van der Waals surface area contributed by atoms with Crippen LogP contribution in [0, 0.1) is 5.92 Å². The first-order chi connectivity index (χ1) is 9.70. The first-order valence-electron chi connectivity index (χ1n) is 6.19. The Kier molecular flexibility index (Phi) is 4.14. The second kappa shape index (κ2) is 5.56. The van der Waals surface area contributed by atoms with Crippen molar-refractivity contribution in [2.45, 2.75) is 19.0 Å². The molecule has 1 N–H and O–H groups in total. The number of carboxylic acids is 1. The van der Waals surface area contributed by atoms with Crippen LogP contribution in [0.4, 0.5) is 13.2 Å². The summed E-state index contributed by atoms with van der Waals surface area (Å²) in [7, 11) is 0. The van der Waals surface area contributed by atoms with Gasteiger partial charge in [-0.3, -0.25) is 4.79 Å². The van der Waals surface area contributed by atoms with Crippen LogP contribution in [0.3, 0.4) is 0 Å². The summed E-state index contributed by atoms with van der Waals surface area (Å²) in [6.07, 6.45) is -4.58. The molecule has 0 unspecified atom stereocenters. The van der Waals surface area contributed by atoms with E-state index in [0.717, 1.165) is 12.3 Å². The van der Waals surface area contributed by atoms with Gasteiger partial charge in [0.2, 0.25) is 0 Å². The highest BCUT2D eigenvalue weighted by Crippen LogP contribution is 2.38. The monoisotopic (exact) mass is 316 g/mol. The molecule has 2 aromatic rings. The number of rotatable bonds is 3. The van der Waals surface area contributed by atoms with Crippen LogP contribution < -0.4 is 0 Å². The first-order valence-corrected chi connectivity index (χ1v) is 6.56. The van der Waals surface area contributed by atoms with Crippen molar-refractivity contribution >= 4 is 28.3 Å². The van der Waals surface area contributed by atoms with Gasteiger partial charge >= 0.3 is 12.1 Å². The van der Waals surface area contributed by atoms with Crippen LogP contribution in [0.1, 0.15) is 18.4 Å². The van der Waals surface area contributed by atoms with E-state index in [-0.39, 0.29) is 5.56 Å². The molecular formula is C15H12ClF3O2. The summed E-state index contributed by atoms with van der Waals surface area (Å²) in [6.45, 7) is 0.876. The van der Waals surface area contributed by atoms with Crippen molar-refractivity contribution in [3.8, 4) is 0 Å². The molecule has 0 radical (unpaired) electrons. The number of benzene rings is 2. The predicted molar refractivity (Wildman–Crippen MR) is 74.6 cm³/mol. The summed E-state index contributed by atoms with van der Waals surface area (Å²) in [4.78, 5) is 11.3. The fourth-order valence-corrected chi connectivity index (χ4v) is 2.44. The van der Waals surface area contributed by atoms with Crippen molar-refractivity contribution in [3.63, 3.8) is 0 Å². The fourth-order valence-electron chi connectivity index (χ4n) is 2.26. The van der Waals surface area contributed by atoms with Crippen LogP contribution in [0.15, 0.2) is 36.4 Å². The van der Waals surface area contributed by atoms with Crippen LogP contribution in [0.25, 0.3) is 10.8 Å². The Morgan fingerprint density at radius 2 is 1.76 bits per heavy atom. The fraction of sp³-hybridized carbons (Fsp3) is 0.267. The lowest BCUT2D eigenvalue weighted by Gasteiger charge is -2.23. The number of carbonyl (C=O) groups is 1. The molecule has 0 aliphatic carbocycles. The van der Waals surface area contributed by atoms with Gasteiger partial charge in [0.15, 0.2) is 0 Å². The Morgan fingerprint density at radius 1 is 1.14 bits per heavy atom. The van der Waals surface area contributed by atoms with Crippen LogP contribution in [-0.2, 0) is 4.79 Å². The molecule has 0 aromatic heterocycles. The quantitative estimate of drug-likeness (QED) is 0.878. The smallest absolute Gasteiger partial charge is 0.392 e. The van der Waals surface area contributed by atoms with Crippen LogP contribution in [0.5, 0.6) is 0 Å². The van der Waals surface area contributed by atoms with Gasteiger partial charge in [0.25, 0.3) is 0 Å². The molecule has 2 rings (SSSR count). The van der Waals surface area contributed by atoms with Crippen molar-refractivity contribution in [1.82, 2.24) is 0 Å². The van der Waals surface area contributed by atoms with E-state index in [1.54, 1.807) is 24.3 Å². The van der Waals surface area contributed by atoms with Gasteiger partial charge < -0.3 is 5.11 Å². The zero-order valence-corrected chi connectivity index (χ0v) is 11.7. The minimum atomic E-state index is -4.58. The number of hydrogen-bond donors (Lipinski definition) is 1. The maximum absolute atomic E-state index is 12.8. The Morgan fingerprint density at radius 3 is 2.33 bits per heavy atom. The van der Waals surface area contributed by atoms with Gasteiger partial charge in [0.1, 0.15) is 0 Å². The van der Waals surface area contributed by atoms with Gasteiger partial charge in [-0.15, -0.1) is 0 Å². The summed E-state index contributed by atoms with van der Waals surface area (Å²) in [6, 6.07) is 9.44. The molecule has 0 saturated heterocycles. The van der Waals surface area contributed by atoms with Crippen LogP contribution in [-0.4, -0.2) is 17.3 Å². The highest BCUT2D eigenvalue weighted by Gasteiger charge is 2.45. The molecule has 2 aromatic carbocycles. The lowest BCUT2D eigenvalue weighted by atomic mass is 9.86. The molecule has 0 heterocycles. The first kappa shape index (κ1) is 15.6. The van der Waals surface area contributed by atoms with E-state index < -0.39 is 24.0 Å². The Hall–Kier alpha value is -1.75. The summed E-state index contributed by atoms with van der Waals surface area (Å²) in [5, 5.41) is 11.0. The third-order valence-corrected chi connectivity index (χ3v) is 3.70. The van der Waals surface area contributed by atoms with E-state index in [1.807, 2.05) is 0 Å². The van der Waals surface area contributed by atoms with Gasteiger partial charge in [-0.2, -0.15) is 13.2 Å². The summed E-state index contributed by atoms with van der Waals surface area (Å²) >= 11 is 5.85. The van der Waals surface area contributed by atoms with E-state index in [1.165, 1.54) is 12.1 Å². The zero-order chi connectivity index (χ0) is 15.8. The van der Waals surface area contributed by atoms with Crippen molar-refractivity contribution in [1.29, 1.82) is 0 Å². The number of alkyl halides is 3. The minimum Gasteiger partial charge on any atom is -0.481 e. The van der Waals surface area contributed by atoms with Crippen molar-refractivity contribution in [3.05, 3.63) is 47.0 Å².